The summed E-state index contributed by atoms with van der Waals surface area (Å²) in [5, 5.41) is 57.5. The molecule has 0 amide bonds. The Morgan fingerprint density at radius 2 is 1.83 bits per heavy atom. The zero-order valence-corrected chi connectivity index (χ0v) is 12.7. The number of aromatic nitrogens is 3. The van der Waals surface area contributed by atoms with Gasteiger partial charge in [0.2, 0.25) is 0 Å². The molecule has 2 heterocycles. The summed E-state index contributed by atoms with van der Waals surface area (Å²) in [6, 6.07) is 0. The van der Waals surface area contributed by atoms with Gasteiger partial charge < -0.3 is 30.3 Å². The highest BCUT2D eigenvalue weighted by molar-refractivity contribution is 5.08. The van der Waals surface area contributed by atoms with E-state index in [4.69, 9.17) is 4.74 Å². The molecular weight excluding hydrogens is 306 g/mol. The standard InChI is InChI=1S/C14H23N3O6/c18-7-8-10(19)11(20)12(21)13(23-8)17-6-9(15-16-17)14(22)4-2-1-3-5-14/h6,8,10-13,18-22H,1-5,7H2/t8-,10-,11+,12-,13-/m1/s1. The van der Waals surface area contributed by atoms with Crippen LogP contribution in [0.1, 0.15) is 44.0 Å². The minimum atomic E-state index is -1.48. The van der Waals surface area contributed by atoms with Gasteiger partial charge in [0.1, 0.15) is 35.7 Å². The van der Waals surface area contributed by atoms with Crippen LogP contribution in [0.2, 0.25) is 0 Å². The highest BCUT2D eigenvalue weighted by atomic mass is 16.6. The Bertz CT molecular complexity index is 530. The Kier molecular flexibility index (Phi) is 4.68. The summed E-state index contributed by atoms with van der Waals surface area (Å²) >= 11 is 0. The largest absolute Gasteiger partial charge is 0.394 e. The second-order valence-electron chi connectivity index (χ2n) is 6.40. The van der Waals surface area contributed by atoms with Gasteiger partial charge in [0.15, 0.2) is 6.23 Å². The van der Waals surface area contributed by atoms with Crippen LogP contribution in [0.15, 0.2) is 6.20 Å². The number of ether oxygens (including phenoxy) is 1. The normalized spacial score (nSPS) is 37.7. The first-order chi connectivity index (χ1) is 11.0. The molecule has 0 bridgehead atoms. The quantitative estimate of drug-likeness (QED) is 0.446. The van der Waals surface area contributed by atoms with Gasteiger partial charge in [0.25, 0.3) is 0 Å². The maximum atomic E-state index is 10.7. The third kappa shape index (κ3) is 3.00. The molecule has 1 saturated heterocycles. The number of aliphatic hydroxyl groups excluding tert-OH is 4. The molecule has 1 aliphatic heterocycles. The number of nitrogens with zero attached hydrogens (tertiary/aromatic N) is 3. The molecule has 1 aliphatic carbocycles. The molecule has 0 spiro atoms. The minimum absolute atomic E-state index is 0.397. The van der Waals surface area contributed by atoms with Gasteiger partial charge in [0, 0.05) is 0 Å². The van der Waals surface area contributed by atoms with E-state index in [1.54, 1.807) is 0 Å². The van der Waals surface area contributed by atoms with Gasteiger partial charge in [-0.3, -0.25) is 0 Å². The van der Waals surface area contributed by atoms with E-state index in [0.717, 1.165) is 19.3 Å². The van der Waals surface area contributed by atoms with E-state index in [2.05, 4.69) is 10.3 Å². The molecule has 5 N–H and O–H groups in total. The van der Waals surface area contributed by atoms with Crippen LogP contribution >= 0.6 is 0 Å². The first kappa shape index (κ1) is 16.7. The zero-order chi connectivity index (χ0) is 16.6. The third-order valence-electron chi connectivity index (χ3n) is 4.80. The first-order valence-corrected chi connectivity index (χ1v) is 7.91. The maximum Gasteiger partial charge on any atom is 0.180 e. The van der Waals surface area contributed by atoms with Crippen LogP contribution in [0.25, 0.3) is 0 Å². The van der Waals surface area contributed by atoms with Gasteiger partial charge in [-0.25, -0.2) is 4.68 Å². The Balaban J connectivity index is 1.81. The average Bonchev–Trinajstić information content (AvgIpc) is 3.04. The van der Waals surface area contributed by atoms with Crippen molar-refractivity contribution in [3.8, 4) is 0 Å². The lowest BCUT2D eigenvalue weighted by molar-refractivity contribution is -0.254. The molecule has 2 fully saturated rings. The molecule has 1 aromatic rings. The fraction of sp³-hybridized carbons (Fsp3) is 0.857. The van der Waals surface area contributed by atoms with Gasteiger partial charge in [-0.15, -0.1) is 5.10 Å². The molecule has 5 atom stereocenters. The van der Waals surface area contributed by atoms with Crippen LogP contribution in [0.4, 0.5) is 0 Å². The van der Waals surface area contributed by atoms with Crippen molar-refractivity contribution in [3.63, 3.8) is 0 Å². The van der Waals surface area contributed by atoms with Crippen LogP contribution in [0.3, 0.4) is 0 Å². The van der Waals surface area contributed by atoms with E-state index in [1.807, 2.05) is 0 Å². The Hall–Kier alpha value is -1.10. The fourth-order valence-electron chi connectivity index (χ4n) is 3.31. The molecule has 0 aromatic carbocycles. The van der Waals surface area contributed by atoms with Gasteiger partial charge in [-0.05, 0) is 12.8 Å². The lowest BCUT2D eigenvalue weighted by Gasteiger charge is -2.39. The highest BCUT2D eigenvalue weighted by Gasteiger charge is 2.45. The number of aliphatic hydroxyl groups is 5. The van der Waals surface area contributed by atoms with E-state index in [1.165, 1.54) is 10.9 Å². The summed E-state index contributed by atoms with van der Waals surface area (Å²) in [6.07, 6.45) is -0.867. The lowest BCUT2D eigenvalue weighted by atomic mass is 9.83. The van der Waals surface area contributed by atoms with Crippen molar-refractivity contribution in [2.75, 3.05) is 6.61 Å². The Morgan fingerprint density at radius 3 is 2.48 bits per heavy atom. The maximum absolute atomic E-state index is 10.7. The minimum Gasteiger partial charge on any atom is -0.394 e. The number of hydrogen-bond acceptors (Lipinski definition) is 8. The summed E-state index contributed by atoms with van der Waals surface area (Å²) in [7, 11) is 0. The van der Waals surface area contributed by atoms with Crippen LogP contribution in [-0.4, -0.2) is 71.5 Å². The fourth-order valence-corrected chi connectivity index (χ4v) is 3.31. The molecule has 3 rings (SSSR count). The van der Waals surface area contributed by atoms with Gasteiger partial charge in [-0.1, -0.05) is 24.5 Å². The van der Waals surface area contributed by atoms with Gasteiger partial charge in [-0.2, -0.15) is 0 Å². The summed E-state index contributed by atoms with van der Waals surface area (Å²) in [5.41, 5.74) is -0.640. The van der Waals surface area contributed by atoms with E-state index in [-0.39, 0.29) is 0 Å². The number of hydrogen-bond donors (Lipinski definition) is 5. The van der Waals surface area contributed by atoms with Crippen molar-refractivity contribution in [2.24, 2.45) is 0 Å². The Labute approximate surface area is 133 Å². The predicted octanol–water partition coefficient (Wildman–Crippen LogP) is -1.60. The average molecular weight is 329 g/mol. The summed E-state index contributed by atoms with van der Waals surface area (Å²) < 4.78 is 6.63. The molecule has 130 valence electrons. The molecule has 1 saturated carbocycles. The molecular formula is C14H23N3O6. The van der Waals surface area contributed by atoms with E-state index in [0.29, 0.717) is 18.5 Å². The van der Waals surface area contributed by atoms with Crippen molar-refractivity contribution in [2.45, 2.75) is 68.3 Å². The second-order valence-corrected chi connectivity index (χ2v) is 6.40. The van der Waals surface area contributed by atoms with Crippen LogP contribution < -0.4 is 0 Å². The van der Waals surface area contributed by atoms with E-state index < -0.39 is 42.9 Å². The van der Waals surface area contributed by atoms with Crippen molar-refractivity contribution >= 4 is 0 Å². The van der Waals surface area contributed by atoms with Crippen LogP contribution in [-0.2, 0) is 10.3 Å². The van der Waals surface area contributed by atoms with Gasteiger partial charge >= 0.3 is 0 Å². The summed E-state index contributed by atoms with van der Waals surface area (Å²) in [5.74, 6) is 0. The van der Waals surface area contributed by atoms with Gasteiger partial charge in [0.05, 0.1) is 12.8 Å². The highest BCUT2D eigenvalue weighted by Crippen LogP contribution is 2.36. The molecule has 23 heavy (non-hydrogen) atoms. The monoisotopic (exact) mass is 329 g/mol. The number of rotatable bonds is 3. The molecule has 0 radical (unpaired) electrons. The van der Waals surface area contributed by atoms with Crippen molar-refractivity contribution < 1.29 is 30.3 Å². The predicted molar refractivity (Wildman–Crippen MR) is 76.0 cm³/mol. The smallest absolute Gasteiger partial charge is 0.180 e. The van der Waals surface area contributed by atoms with Crippen molar-refractivity contribution in [3.05, 3.63) is 11.9 Å². The van der Waals surface area contributed by atoms with E-state index in [9.17, 15) is 25.5 Å². The molecule has 2 aliphatic rings. The van der Waals surface area contributed by atoms with Crippen molar-refractivity contribution in [1.29, 1.82) is 0 Å². The summed E-state index contributed by atoms with van der Waals surface area (Å²) in [6.45, 7) is -0.507. The first-order valence-electron chi connectivity index (χ1n) is 7.91. The molecule has 0 unspecified atom stereocenters. The van der Waals surface area contributed by atoms with Crippen LogP contribution in [0.5, 0.6) is 0 Å². The lowest BCUT2D eigenvalue weighted by Crippen LogP contribution is -2.56. The topological polar surface area (TPSA) is 141 Å². The molecule has 9 nitrogen and oxygen atoms in total. The zero-order valence-electron chi connectivity index (χ0n) is 12.7. The second kappa shape index (κ2) is 6.42. The molecule has 9 heteroatoms. The Morgan fingerprint density at radius 1 is 1.13 bits per heavy atom. The molecule has 1 aromatic heterocycles. The SMILES string of the molecule is OC[C@H]1O[C@@H](n2cc(C3(O)CCCCC3)nn2)[C@H](O)[C@@H](O)[C@@H]1O. The third-order valence-corrected chi connectivity index (χ3v) is 4.80. The van der Waals surface area contributed by atoms with E-state index >= 15 is 0 Å². The summed E-state index contributed by atoms with van der Waals surface area (Å²) in [4.78, 5) is 0. The van der Waals surface area contributed by atoms with Crippen LogP contribution in [0, 0.1) is 0 Å². The van der Waals surface area contributed by atoms with Crippen molar-refractivity contribution in [1.82, 2.24) is 15.0 Å².